The Hall–Kier alpha value is -0.120. The van der Waals surface area contributed by atoms with Gasteiger partial charge in [-0.1, -0.05) is 27.7 Å². The summed E-state index contributed by atoms with van der Waals surface area (Å²) in [5, 5.41) is 14.2. The molecule has 6 fully saturated rings. The fraction of sp³-hybridized carbons (Fsp3) is 1.00. The van der Waals surface area contributed by atoms with Crippen LogP contribution in [0.2, 0.25) is 0 Å². The van der Waals surface area contributed by atoms with Gasteiger partial charge in [-0.3, -0.25) is 5.32 Å². The molecule has 6 rings (SSSR count). The highest BCUT2D eigenvalue weighted by Gasteiger charge is 2.68. The lowest BCUT2D eigenvalue weighted by Crippen LogP contribution is -2.57. The van der Waals surface area contributed by atoms with E-state index in [0.717, 1.165) is 54.9 Å². The Bertz CT molecular complexity index is 686. The zero-order chi connectivity index (χ0) is 20.9. The first-order valence-electron chi connectivity index (χ1n) is 13.4. The maximum absolute atomic E-state index is 10.3. The van der Waals surface area contributed by atoms with Gasteiger partial charge >= 0.3 is 0 Å². The first-order valence-corrected chi connectivity index (χ1v) is 13.4. The summed E-state index contributed by atoms with van der Waals surface area (Å²) in [6, 6.07) is 0. The molecule has 0 radical (unpaired) electrons. The van der Waals surface area contributed by atoms with Crippen LogP contribution in [0.1, 0.15) is 91.9 Å². The molecule has 6 aliphatic rings. The molecule has 4 saturated carbocycles. The predicted octanol–water partition coefficient (Wildman–Crippen LogP) is 5.37. The van der Waals surface area contributed by atoms with Crippen LogP contribution in [0.4, 0.5) is 0 Å². The minimum Gasteiger partial charge on any atom is -0.393 e. The van der Waals surface area contributed by atoms with Crippen LogP contribution in [-0.4, -0.2) is 29.6 Å². The summed E-state index contributed by atoms with van der Waals surface area (Å²) < 4.78 is 7.01. The summed E-state index contributed by atoms with van der Waals surface area (Å²) in [5.74, 6) is 5.57. The number of aliphatic hydroxyl groups is 1. The zero-order valence-corrected chi connectivity index (χ0v) is 19.8. The molecule has 2 saturated heterocycles. The molecule has 1 spiro atoms. The minimum atomic E-state index is -0.0320. The Labute approximate surface area is 184 Å². The zero-order valence-electron chi connectivity index (χ0n) is 19.8. The standard InChI is InChI=1S/C27H45NO2/c1-16-7-12-27(28-15-16)17(2)24-23(30-27)14-22-20-6-5-18-13-19(29)8-10-25(18,3)21(20)9-11-26(22,24)4/h16-24,28-29H,5-15H2,1-4H3/t16?,17?,18?,19-,20+,21?,22?,23?,24?,25-,26-,27?/m0/s1. The molecule has 2 heterocycles. The monoisotopic (exact) mass is 415 g/mol. The van der Waals surface area contributed by atoms with Crippen LogP contribution in [0.15, 0.2) is 0 Å². The quantitative estimate of drug-likeness (QED) is 0.559. The second-order valence-electron chi connectivity index (χ2n) is 13.3. The third-order valence-electron chi connectivity index (χ3n) is 12.1. The number of fused-ring (bicyclic) bond motifs is 7. The Kier molecular flexibility index (Phi) is 4.58. The second-order valence-corrected chi connectivity index (χ2v) is 13.3. The highest BCUT2D eigenvalue weighted by molar-refractivity contribution is 5.16. The van der Waals surface area contributed by atoms with Gasteiger partial charge in [0.25, 0.3) is 0 Å². The van der Waals surface area contributed by atoms with Crippen LogP contribution in [0.5, 0.6) is 0 Å². The minimum absolute atomic E-state index is 0.0319. The average Bonchev–Trinajstić information content (AvgIpc) is 3.16. The molecule has 30 heavy (non-hydrogen) atoms. The van der Waals surface area contributed by atoms with Crippen LogP contribution >= 0.6 is 0 Å². The van der Waals surface area contributed by atoms with Gasteiger partial charge in [-0.25, -0.2) is 0 Å². The molecule has 8 unspecified atom stereocenters. The fourth-order valence-electron chi connectivity index (χ4n) is 10.4. The maximum atomic E-state index is 10.3. The van der Waals surface area contributed by atoms with E-state index in [4.69, 9.17) is 4.74 Å². The van der Waals surface area contributed by atoms with Crippen LogP contribution < -0.4 is 5.32 Å². The van der Waals surface area contributed by atoms with Crippen molar-refractivity contribution in [3.63, 3.8) is 0 Å². The molecular weight excluding hydrogens is 370 g/mol. The van der Waals surface area contributed by atoms with Gasteiger partial charge in [0.1, 0.15) is 5.72 Å². The van der Waals surface area contributed by atoms with Crippen LogP contribution in [0.25, 0.3) is 0 Å². The lowest BCUT2D eigenvalue weighted by atomic mass is 9.44. The number of rotatable bonds is 0. The molecule has 2 N–H and O–H groups in total. The first kappa shape index (κ1) is 20.5. The SMILES string of the molecule is CC1CCC2(NC1)OC1CC3[C@@H]4CCC5C[C@@H](O)CC[C@]5(C)C4CC[C@]3(C)C1C2C. The van der Waals surface area contributed by atoms with E-state index in [1.54, 1.807) is 0 Å². The molecule has 0 aromatic rings. The first-order chi connectivity index (χ1) is 14.3. The van der Waals surface area contributed by atoms with Crippen molar-refractivity contribution >= 4 is 0 Å². The van der Waals surface area contributed by atoms with Crippen LogP contribution in [0.3, 0.4) is 0 Å². The number of ether oxygens (including phenoxy) is 1. The van der Waals surface area contributed by atoms with E-state index >= 15 is 0 Å². The van der Waals surface area contributed by atoms with Gasteiger partial charge < -0.3 is 9.84 Å². The number of piperidine rings is 1. The molecule has 170 valence electrons. The molecule has 0 aromatic heterocycles. The van der Waals surface area contributed by atoms with Gasteiger partial charge in [0.2, 0.25) is 0 Å². The summed E-state index contributed by atoms with van der Waals surface area (Å²) in [6.45, 7) is 11.3. The van der Waals surface area contributed by atoms with Gasteiger partial charge in [-0.05, 0) is 111 Å². The normalized spacial score (nSPS) is 62.5. The van der Waals surface area contributed by atoms with Gasteiger partial charge in [0.15, 0.2) is 0 Å². The van der Waals surface area contributed by atoms with Crippen molar-refractivity contribution in [3.8, 4) is 0 Å². The summed E-state index contributed by atoms with van der Waals surface area (Å²) in [5.41, 5.74) is 0.919. The van der Waals surface area contributed by atoms with Crippen LogP contribution in [0, 0.1) is 52.3 Å². The highest BCUT2D eigenvalue weighted by Crippen LogP contribution is 2.71. The number of hydrogen-bond donors (Lipinski definition) is 2. The summed E-state index contributed by atoms with van der Waals surface area (Å²) in [6.07, 6.45) is 13.2. The largest absolute Gasteiger partial charge is 0.393 e. The number of aliphatic hydroxyl groups excluding tert-OH is 1. The lowest BCUT2D eigenvalue weighted by Gasteiger charge is -2.61. The van der Waals surface area contributed by atoms with Crippen molar-refractivity contribution < 1.29 is 9.84 Å². The molecule has 0 aromatic carbocycles. The van der Waals surface area contributed by atoms with E-state index in [-0.39, 0.29) is 11.8 Å². The van der Waals surface area contributed by atoms with Crippen LogP contribution in [-0.2, 0) is 4.74 Å². The molecule has 0 amide bonds. The van der Waals surface area contributed by atoms with Gasteiger partial charge in [-0.2, -0.15) is 0 Å². The Morgan fingerprint density at radius 3 is 2.43 bits per heavy atom. The van der Waals surface area contributed by atoms with Crippen molar-refractivity contribution in [2.24, 2.45) is 52.3 Å². The fourth-order valence-corrected chi connectivity index (χ4v) is 10.4. The van der Waals surface area contributed by atoms with E-state index in [0.29, 0.717) is 22.9 Å². The van der Waals surface area contributed by atoms with Crippen molar-refractivity contribution in [1.29, 1.82) is 0 Å². The molecule has 2 aliphatic heterocycles. The van der Waals surface area contributed by atoms with Crippen molar-refractivity contribution in [1.82, 2.24) is 5.32 Å². The maximum Gasteiger partial charge on any atom is 0.122 e. The number of nitrogens with one attached hydrogen (secondary N) is 1. The van der Waals surface area contributed by atoms with E-state index < -0.39 is 0 Å². The molecule has 12 atom stereocenters. The summed E-state index contributed by atoms with van der Waals surface area (Å²) in [4.78, 5) is 0. The average molecular weight is 416 g/mol. The second kappa shape index (κ2) is 6.70. The summed E-state index contributed by atoms with van der Waals surface area (Å²) >= 11 is 0. The van der Waals surface area contributed by atoms with Gasteiger partial charge in [0.05, 0.1) is 12.2 Å². The van der Waals surface area contributed by atoms with E-state index in [1.165, 1.54) is 51.4 Å². The Morgan fingerprint density at radius 2 is 1.67 bits per heavy atom. The third kappa shape index (κ3) is 2.61. The molecule has 4 aliphatic carbocycles. The number of hydrogen-bond acceptors (Lipinski definition) is 3. The van der Waals surface area contributed by atoms with Gasteiger partial charge in [-0.15, -0.1) is 0 Å². The van der Waals surface area contributed by atoms with Crippen molar-refractivity contribution in [2.75, 3.05) is 6.54 Å². The topological polar surface area (TPSA) is 41.5 Å². The van der Waals surface area contributed by atoms with E-state index in [9.17, 15) is 5.11 Å². The van der Waals surface area contributed by atoms with E-state index in [1.807, 2.05) is 0 Å². The molecular formula is C27H45NO2. The predicted molar refractivity (Wildman–Crippen MR) is 120 cm³/mol. The van der Waals surface area contributed by atoms with Crippen molar-refractivity contribution in [2.45, 2.75) is 110 Å². The van der Waals surface area contributed by atoms with Gasteiger partial charge in [0, 0.05) is 12.5 Å². The van der Waals surface area contributed by atoms with E-state index in [2.05, 4.69) is 33.0 Å². The Morgan fingerprint density at radius 1 is 0.867 bits per heavy atom. The molecule has 3 heteroatoms. The Balaban J connectivity index is 1.26. The lowest BCUT2D eigenvalue weighted by molar-refractivity contribution is -0.140. The molecule has 0 bridgehead atoms. The van der Waals surface area contributed by atoms with Crippen molar-refractivity contribution in [3.05, 3.63) is 0 Å². The summed E-state index contributed by atoms with van der Waals surface area (Å²) in [7, 11) is 0. The smallest absolute Gasteiger partial charge is 0.122 e. The third-order valence-corrected chi connectivity index (χ3v) is 12.1. The highest BCUT2D eigenvalue weighted by atomic mass is 16.5. The molecule has 3 nitrogen and oxygen atoms in total.